The molecule has 0 aliphatic carbocycles. The number of hydrogen-bond donors (Lipinski definition) is 1. The van der Waals surface area contributed by atoms with E-state index in [9.17, 15) is 5.11 Å². The van der Waals surface area contributed by atoms with Crippen LogP contribution in [0, 0.1) is 6.92 Å². The number of halogens is 2. The lowest BCUT2D eigenvalue weighted by Gasteiger charge is -2.13. The first-order valence-corrected chi connectivity index (χ1v) is 8.27. The second-order valence-electron chi connectivity index (χ2n) is 5.76. The summed E-state index contributed by atoms with van der Waals surface area (Å²) in [6.45, 7) is 1.91. The number of aromatic nitrogens is 1. The van der Waals surface area contributed by atoms with Crippen LogP contribution in [0.15, 0.2) is 54.7 Å². The Hall–Kier alpha value is -2.29. The number of rotatable bonds is 1. The van der Waals surface area contributed by atoms with Gasteiger partial charge < -0.3 is 5.11 Å². The van der Waals surface area contributed by atoms with Crippen LogP contribution < -0.4 is 0 Å². The maximum Gasteiger partial charge on any atom is 0.128 e. The molecule has 2 nitrogen and oxygen atoms in total. The number of benzene rings is 3. The topological polar surface area (TPSA) is 33.1 Å². The van der Waals surface area contributed by atoms with Gasteiger partial charge in [-0.1, -0.05) is 47.5 Å². The van der Waals surface area contributed by atoms with Crippen LogP contribution in [-0.4, -0.2) is 10.1 Å². The highest BCUT2D eigenvalue weighted by atomic mass is 35.5. The molecule has 0 unspecified atom stereocenters. The van der Waals surface area contributed by atoms with Crippen LogP contribution in [0.3, 0.4) is 0 Å². The Morgan fingerprint density at radius 1 is 0.958 bits per heavy atom. The van der Waals surface area contributed by atoms with E-state index in [0.717, 1.165) is 27.1 Å². The van der Waals surface area contributed by atoms with Crippen LogP contribution in [0.2, 0.25) is 10.0 Å². The summed E-state index contributed by atoms with van der Waals surface area (Å²) < 4.78 is 0. The molecule has 4 aromatic rings. The second kappa shape index (κ2) is 5.66. The number of phenols is 1. The second-order valence-corrected chi connectivity index (χ2v) is 6.61. The average Bonchev–Trinajstić information content (AvgIpc) is 2.57. The van der Waals surface area contributed by atoms with Gasteiger partial charge in [-0.15, -0.1) is 0 Å². The van der Waals surface area contributed by atoms with E-state index in [1.165, 1.54) is 0 Å². The third-order valence-corrected chi connectivity index (χ3v) is 4.83. The quantitative estimate of drug-likeness (QED) is 0.430. The minimum Gasteiger partial charge on any atom is -0.507 e. The molecule has 0 aliphatic heterocycles. The fourth-order valence-corrected chi connectivity index (χ4v) is 3.73. The third kappa shape index (κ3) is 2.31. The summed E-state index contributed by atoms with van der Waals surface area (Å²) in [6, 6.07) is 15.3. The van der Waals surface area contributed by atoms with Gasteiger partial charge in [0.05, 0.1) is 10.7 Å². The Bertz CT molecular complexity index is 1110. The molecule has 0 amide bonds. The first-order chi connectivity index (χ1) is 11.6. The smallest absolute Gasteiger partial charge is 0.128 e. The lowest BCUT2D eigenvalue weighted by atomic mass is 9.96. The summed E-state index contributed by atoms with van der Waals surface area (Å²) in [7, 11) is 0. The molecule has 118 valence electrons. The number of fused-ring (bicyclic) bond motifs is 2. The van der Waals surface area contributed by atoms with Gasteiger partial charge in [-0.05, 0) is 52.9 Å². The SMILES string of the molecule is Cc1c(O)c(-c2nccc3cc(Cl)cc(Cl)c23)cc2ccccc12. The summed E-state index contributed by atoms with van der Waals surface area (Å²) in [5, 5.41) is 15.6. The van der Waals surface area contributed by atoms with E-state index in [0.29, 0.717) is 21.3 Å². The van der Waals surface area contributed by atoms with Crippen molar-refractivity contribution in [1.29, 1.82) is 0 Å². The zero-order valence-corrected chi connectivity index (χ0v) is 14.4. The predicted octanol–water partition coefficient (Wildman–Crippen LogP) is 6.38. The van der Waals surface area contributed by atoms with Gasteiger partial charge in [0.25, 0.3) is 0 Å². The molecule has 4 heteroatoms. The van der Waals surface area contributed by atoms with Gasteiger partial charge in [0.1, 0.15) is 5.75 Å². The number of aromatic hydroxyl groups is 1. The van der Waals surface area contributed by atoms with Crippen LogP contribution >= 0.6 is 23.2 Å². The lowest BCUT2D eigenvalue weighted by molar-refractivity contribution is 0.474. The van der Waals surface area contributed by atoms with Crippen molar-refractivity contribution in [3.63, 3.8) is 0 Å². The van der Waals surface area contributed by atoms with Crippen molar-refractivity contribution in [2.24, 2.45) is 0 Å². The summed E-state index contributed by atoms with van der Waals surface area (Å²) in [5.41, 5.74) is 2.15. The van der Waals surface area contributed by atoms with E-state index in [4.69, 9.17) is 23.2 Å². The molecule has 24 heavy (non-hydrogen) atoms. The largest absolute Gasteiger partial charge is 0.507 e. The third-order valence-electron chi connectivity index (χ3n) is 4.31. The molecule has 0 aliphatic rings. The molecule has 0 spiro atoms. The molecule has 0 saturated heterocycles. The van der Waals surface area contributed by atoms with Crippen molar-refractivity contribution in [1.82, 2.24) is 4.98 Å². The molecular formula is C20H13Cl2NO. The molecule has 1 aromatic heterocycles. The standard InChI is InChI=1S/C20H13Cl2NO/c1-11-15-5-3-2-4-12(15)9-16(20(11)24)19-18-13(6-7-23-19)8-14(21)10-17(18)22/h2-10,24H,1H3. The van der Waals surface area contributed by atoms with Gasteiger partial charge in [0.15, 0.2) is 0 Å². The summed E-state index contributed by atoms with van der Waals surface area (Å²) in [6.07, 6.45) is 1.70. The maximum absolute atomic E-state index is 10.7. The van der Waals surface area contributed by atoms with E-state index >= 15 is 0 Å². The zero-order chi connectivity index (χ0) is 16.8. The number of aryl methyl sites for hydroxylation is 1. The van der Waals surface area contributed by atoms with Crippen molar-refractivity contribution < 1.29 is 5.11 Å². The molecule has 0 radical (unpaired) electrons. The monoisotopic (exact) mass is 353 g/mol. The Labute approximate surface area is 149 Å². The summed E-state index contributed by atoms with van der Waals surface area (Å²) >= 11 is 12.5. The molecule has 0 saturated carbocycles. The fraction of sp³-hybridized carbons (Fsp3) is 0.0500. The summed E-state index contributed by atoms with van der Waals surface area (Å²) in [4.78, 5) is 4.49. The van der Waals surface area contributed by atoms with Crippen LogP contribution in [0.1, 0.15) is 5.56 Å². The number of pyridine rings is 1. The summed E-state index contributed by atoms with van der Waals surface area (Å²) in [5.74, 6) is 0.222. The molecule has 0 atom stereocenters. The van der Waals surface area contributed by atoms with E-state index in [2.05, 4.69) is 4.98 Å². The lowest BCUT2D eigenvalue weighted by Crippen LogP contribution is -1.91. The highest BCUT2D eigenvalue weighted by Gasteiger charge is 2.16. The first-order valence-electron chi connectivity index (χ1n) is 7.51. The maximum atomic E-state index is 10.7. The fourth-order valence-electron chi connectivity index (χ4n) is 3.13. The average molecular weight is 354 g/mol. The Balaban J connectivity index is 2.12. The highest BCUT2D eigenvalue weighted by molar-refractivity contribution is 6.39. The van der Waals surface area contributed by atoms with Gasteiger partial charge in [0.2, 0.25) is 0 Å². The van der Waals surface area contributed by atoms with Gasteiger partial charge in [-0.25, -0.2) is 0 Å². The van der Waals surface area contributed by atoms with Crippen LogP contribution in [0.5, 0.6) is 5.75 Å². The van der Waals surface area contributed by atoms with Crippen LogP contribution in [0.25, 0.3) is 32.8 Å². The minimum atomic E-state index is 0.222. The normalized spacial score (nSPS) is 11.3. The molecule has 0 fully saturated rings. The molecule has 0 bridgehead atoms. The van der Waals surface area contributed by atoms with E-state index in [1.807, 2.05) is 49.4 Å². The van der Waals surface area contributed by atoms with Crippen molar-refractivity contribution in [2.75, 3.05) is 0 Å². The highest BCUT2D eigenvalue weighted by Crippen LogP contribution is 2.41. The minimum absolute atomic E-state index is 0.222. The molecular weight excluding hydrogens is 341 g/mol. The number of hydrogen-bond acceptors (Lipinski definition) is 2. The van der Waals surface area contributed by atoms with Crippen molar-refractivity contribution in [2.45, 2.75) is 6.92 Å². The van der Waals surface area contributed by atoms with E-state index in [1.54, 1.807) is 12.3 Å². The van der Waals surface area contributed by atoms with E-state index < -0.39 is 0 Å². The van der Waals surface area contributed by atoms with E-state index in [-0.39, 0.29) is 5.75 Å². The number of nitrogens with zero attached hydrogens (tertiary/aromatic N) is 1. The van der Waals surface area contributed by atoms with Gasteiger partial charge in [-0.2, -0.15) is 0 Å². The van der Waals surface area contributed by atoms with Crippen LogP contribution in [-0.2, 0) is 0 Å². The first kappa shape index (κ1) is 15.3. The van der Waals surface area contributed by atoms with Gasteiger partial charge in [0, 0.05) is 22.2 Å². The molecule has 1 heterocycles. The van der Waals surface area contributed by atoms with Gasteiger partial charge >= 0.3 is 0 Å². The molecule has 1 N–H and O–H groups in total. The zero-order valence-electron chi connectivity index (χ0n) is 12.8. The Morgan fingerprint density at radius 3 is 2.58 bits per heavy atom. The van der Waals surface area contributed by atoms with Gasteiger partial charge in [-0.3, -0.25) is 4.98 Å². The molecule has 4 rings (SSSR count). The molecule has 3 aromatic carbocycles. The Morgan fingerprint density at radius 2 is 1.75 bits per heavy atom. The predicted molar refractivity (Wildman–Crippen MR) is 101 cm³/mol. The van der Waals surface area contributed by atoms with Crippen molar-refractivity contribution in [3.05, 3.63) is 70.3 Å². The van der Waals surface area contributed by atoms with Crippen LogP contribution in [0.4, 0.5) is 0 Å². The Kier molecular flexibility index (Phi) is 3.60. The van der Waals surface area contributed by atoms with Crippen molar-refractivity contribution >= 4 is 44.7 Å². The number of phenolic OH excluding ortho intramolecular Hbond substituents is 1. The van der Waals surface area contributed by atoms with Crippen molar-refractivity contribution in [3.8, 4) is 17.0 Å².